The van der Waals surface area contributed by atoms with E-state index in [2.05, 4.69) is 29.7 Å². The number of thiazole rings is 1. The number of nitrogens with zero attached hydrogens (tertiary/aromatic N) is 6. The molecule has 7 nitrogen and oxygen atoms in total. The number of piperidine rings is 1. The van der Waals surface area contributed by atoms with E-state index in [0.717, 1.165) is 35.4 Å². The largest absolute Gasteiger partial charge is 0.275 e. The molecule has 1 aliphatic heterocycles. The summed E-state index contributed by atoms with van der Waals surface area (Å²) < 4.78 is 7.20. The fraction of sp³-hybridized carbons (Fsp3) is 0.280. The molecule has 0 aliphatic carbocycles. The van der Waals surface area contributed by atoms with Crippen molar-refractivity contribution in [3.05, 3.63) is 81.3 Å². The normalized spacial score (nSPS) is 17.1. The van der Waals surface area contributed by atoms with Crippen LogP contribution >= 0.6 is 23.6 Å². The molecular formula is C25H24N6OS2. The average Bonchev–Trinajstić information content (AvgIpc) is 3.43. The third-order valence-electron chi connectivity index (χ3n) is 6.52. The number of rotatable bonds is 5. The van der Waals surface area contributed by atoms with Crippen molar-refractivity contribution in [2.75, 3.05) is 6.54 Å². The SMILES string of the molecule is C=CCn1c(=O)c2ccccc2n2c(=S)n(CN3CCCCC3c3nc4ccccc4s3)nc12. The van der Waals surface area contributed by atoms with Crippen molar-refractivity contribution in [2.45, 2.75) is 38.5 Å². The highest BCUT2D eigenvalue weighted by Crippen LogP contribution is 2.36. The summed E-state index contributed by atoms with van der Waals surface area (Å²) in [4.78, 5) is 20.5. The standard InChI is InChI=1S/C25H24N6OS2/c1-2-14-29-23(32)17-9-3-5-11-19(17)31-24(29)27-30(25(31)33)16-28-15-8-7-12-20(28)22-26-18-10-4-6-13-21(18)34-22/h2-6,9-11,13,20H,1,7-8,12,14-16H2. The number of aromatic nitrogens is 5. The van der Waals surface area contributed by atoms with Crippen molar-refractivity contribution in [1.82, 2.24) is 28.6 Å². The van der Waals surface area contributed by atoms with Crippen molar-refractivity contribution in [3.8, 4) is 0 Å². The van der Waals surface area contributed by atoms with Gasteiger partial charge in [-0.15, -0.1) is 23.0 Å². The van der Waals surface area contributed by atoms with Crippen LogP contribution < -0.4 is 5.56 Å². The second-order valence-electron chi connectivity index (χ2n) is 8.62. The van der Waals surface area contributed by atoms with Crippen LogP contribution in [0.2, 0.25) is 0 Å². The Kier molecular flexibility index (Phi) is 5.40. The summed E-state index contributed by atoms with van der Waals surface area (Å²) in [6, 6.07) is 16.1. The Labute approximate surface area is 205 Å². The first-order valence-electron chi connectivity index (χ1n) is 11.5. The van der Waals surface area contributed by atoms with Crippen LogP contribution in [-0.4, -0.2) is 35.2 Å². The smallest absolute Gasteiger partial charge is 0.263 e. The summed E-state index contributed by atoms with van der Waals surface area (Å²) in [6.07, 6.45) is 5.08. The second kappa shape index (κ2) is 8.57. The molecule has 9 heteroatoms. The van der Waals surface area contributed by atoms with Crippen LogP contribution in [-0.2, 0) is 13.2 Å². The molecule has 172 valence electrons. The van der Waals surface area contributed by atoms with E-state index in [1.165, 1.54) is 11.1 Å². The van der Waals surface area contributed by atoms with Gasteiger partial charge in [0.15, 0.2) is 0 Å². The van der Waals surface area contributed by atoms with Crippen LogP contribution in [0.25, 0.3) is 26.9 Å². The lowest BCUT2D eigenvalue weighted by atomic mass is 10.0. The summed E-state index contributed by atoms with van der Waals surface area (Å²) in [5.74, 6) is 0.544. The Balaban J connectivity index is 1.46. The first kappa shape index (κ1) is 21.4. The van der Waals surface area contributed by atoms with Crippen LogP contribution in [0.3, 0.4) is 0 Å². The van der Waals surface area contributed by atoms with Crippen LogP contribution in [0.4, 0.5) is 0 Å². The molecule has 0 saturated carbocycles. The van der Waals surface area contributed by atoms with E-state index < -0.39 is 0 Å². The van der Waals surface area contributed by atoms with Crippen molar-refractivity contribution in [2.24, 2.45) is 0 Å². The molecule has 1 atom stereocenters. The van der Waals surface area contributed by atoms with Gasteiger partial charge in [0, 0.05) is 13.1 Å². The first-order valence-corrected chi connectivity index (χ1v) is 12.7. The molecule has 1 fully saturated rings. The molecule has 0 bridgehead atoms. The van der Waals surface area contributed by atoms with Crippen molar-refractivity contribution in [3.63, 3.8) is 0 Å². The van der Waals surface area contributed by atoms with E-state index in [0.29, 0.717) is 29.1 Å². The van der Waals surface area contributed by atoms with Crippen LogP contribution in [0.5, 0.6) is 0 Å². The molecule has 1 unspecified atom stereocenters. The monoisotopic (exact) mass is 488 g/mol. The predicted octanol–water partition coefficient (Wildman–Crippen LogP) is 5.16. The van der Waals surface area contributed by atoms with Gasteiger partial charge in [-0.05, 0) is 49.3 Å². The molecule has 6 rings (SSSR count). The number of fused-ring (bicyclic) bond motifs is 4. The van der Waals surface area contributed by atoms with Crippen molar-refractivity contribution in [1.29, 1.82) is 0 Å². The lowest BCUT2D eigenvalue weighted by Crippen LogP contribution is -2.35. The number of para-hydroxylation sites is 2. The second-order valence-corrected chi connectivity index (χ2v) is 10.1. The van der Waals surface area contributed by atoms with Crippen molar-refractivity contribution < 1.29 is 0 Å². The topological polar surface area (TPSA) is 60.4 Å². The van der Waals surface area contributed by atoms with E-state index in [9.17, 15) is 4.79 Å². The van der Waals surface area contributed by atoms with Gasteiger partial charge in [0.2, 0.25) is 10.5 Å². The van der Waals surface area contributed by atoms with E-state index in [4.69, 9.17) is 22.3 Å². The minimum atomic E-state index is -0.0829. The molecule has 4 heterocycles. The van der Waals surface area contributed by atoms with E-state index in [-0.39, 0.29) is 11.6 Å². The number of hydrogen-bond acceptors (Lipinski definition) is 6. The Bertz CT molecular complexity index is 1630. The molecular weight excluding hydrogens is 464 g/mol. The van der Waals surface area contributed by atoms with Gasteiger partial charge in [-0.25, -0.2) is 9.67 Å². The quantitative estimate of drug-likeness (QED) is 0.253. The molecule has 3 aromatic heterocycles. The lowest BCUT2D eigenvalue weighted by Gasteiger charge is -2.34. The Morgan fingerprint density at radius 2 is 1.97 bits per heavy atom. The third-order valence-corrected chi connectivity index (χ3v) is 8.05. The number of hydrogen-bond donors (Lipinski definition) is 0. The van der Waals surface area contributed by atoms with Gasteiger partial charge < -0.3 is 0 Å². The van der Waals surface area contributed by atoms with Crippen molar-refractivity contribution >= 4 is 50.5 Å². The Hall–Kier alpha value is -3.14. The fourth-order valence-electron chi connectivity index (χ4n) is 4.90. The molecule has 34 heavy (non-hydrogen) atoms. The predicted molar refractivity (Wildman–Crippen MR) is 139 cm³/mol. The van der Waals surface area contributed by atoms with Crippen LogP contribution in [0.15, 0.2) is 66.0 Å². The van der Waals surface area contributed by atoms with Gasteiger partial charge in [-0.1, -0.05) is 36.8 Å². The van der Waals surface area contributed by atoms with Gasteiger partial charge in [-0.2, -0.15) is 0 Å². The maximum Gasteiger partial charge on any atom is 0.263 e. The number of benzene rings is 2. The minimum Gasteiger partial charge on any atom is -0.275 e. The fourth-order valence-corrected chi connectivity index (χ4v) is 6.31. The maximum atomic E-state index is 13.2. The molecule has 0 N–H and O–H groups in total. The summed E-state index contributed by atoms with van der Waals surface area (Å²) in [6.45, 7) is 5.70. The van der Waals surface area contributed by atoms with Gasteiger partial charge >= 0.3 is 0 Å². The number of likely N-dealkylation sites (tertiary alicyclic amines) is 1. The maximum absolute atomic E-state index is 13.2. The van der Waals surface area contributed by atoms with Gasteiger partial charge in [0.05, 0.1) is 33.8 Å². The van der Waals surface area contributed by atoms with Gasteiger partial charge in [0.1, 0.15) is 5.01 Å². The zero-order valence-corrected chi connectivity index (χ0v) is 20.3. The first-order chi connectivity index (χ1) is 16.7. The molecule has 0 spiro atoms. The third kappa shape index (κ3) is 3.43. The summed E-state index contributed by atoms with van der Waals surface area (Å²) >= 11 is 7.67. The Morgan fingerprint density at radius 1 is 1.15 bits per heavy atom. The Morgan fingerprint density at radius 3 is 2.82 bits per heavy atom. The molecule has 5 aromatic rings. The molecule has 0 amide bonds. The van der Waals surface area contributed by atoms with Crippen LogP contribution in [0.1, 0.15) is 30.3 Å². The summed E-state index contributed by atoms with van der Waals surface area (Å²) in [5, 5.41) is 6.61. The van der Waals surface area contributed by atoms with E-state index in [1.807, 2.05) is 39.4 Å². The molecule has 1 saturated heterocycles. The van der Waals surface area contributed by atoms with Gasteiger partial charge in [-0.3, -0.25) is 18.7 Å². The van der Waals surface area contributed by atoms with E-state index in [1.54, 1.807) is 22.0 Å². The molecule has 0 radical (unpaired) electrons. The number of allylic oxidation sites excluding steroid dienone is 1. The van der Waals surface area contributed by atoms with Gasteiger partial charge in [0.25, 0.3) is 5.56 Å². The highest BCUT2D eigenvalue weighted by molar-refractivity contribution is 7.71. The molecule has 1 aliphatic rings. The summed E-state index contributed by atoms with van der Waals surface area (Å²) in [7, 11) is 0. The lowest BCUT2D eigenvalue weighted by molar-refractivity contribution is 0.103. The highest BCUT2D eigenvalue weighted by atomic mass is 32.1. The zero-order chi connectivity index (χ0) is 23.2. The minimum absolute atomic E-state index is 0.0829. The average molecular weight is 489 g/mol. The molecule has 2 aromatic carbocycles. The zero-order valence-electron chi connectivity index (χ0n) is 18.6. The van der Waals surface area contributed by atoms with E-state index >= 15 is 0 Å². The highest BCUT2D eigenvalue weighted by Gasteiger charge is 2.28. The van der Waals surface area contributed by atoms with Crippen LogP contribution in [0, 0.1) is 4.77 Å². The summed E-state index contributed by atoms with van der Waals surface area (Å²) in [5.41, 5.74) is 1.75.